The van der Waals surface area contributed by atoms with Gasteiger partial charge in [-0.1, -0.05) is 11.6 Å². The molecule has 0 fully saturated rings. The van der Waals surface area contributed by atoms with Crippen molar-refractivity contribution in [3.05, 3.63) is 29.0 Å². The van der Waals surface area contributed by atoms with Gasteiger partial charge in [-0.05, 0) is 38.6 Å². The predicted octanol–water partition coefficient (Wildman–Crippen LogP) is 2.91. The van der Waals surface area contributed by atoms with Crippen LogP contribution in [0.4, 0.5) is 0 Å². The summed E-state index contributed by atoms with van der Waals surface area (Å²) in [6.45, 7) is 2.23. The van der Waals surface area contributed by atoms with E-state index in [1.54, 1.807) is 0 Å². The number of fused-ring (bicyclic) bond motifs is 3. The molecule has 2 heterocycles. The van der Waals surface area contributed by atoms with Crippen LogP contribution in [-0.4, -0.2) is 16.6 Å². The molecule has 84 valence electrons. The largest absolute Gasteiger partial charge is 0.324 e. The summed E-state index contributed by atoms with van der Waals surface area (Å²) >= 11 is 6.04. The quantitative estimate of drug-likeness (QED) is 0.824. The minimum Gasteiger partial charge on any atom is -0.324 e. The van der Waals surface area contributed by atoms with E-state index in [0.717, 1.165) is 28.3 Å². The third-order valence-corrected chi connectivity index (χ3v) is 3.59. The van der Waals surface area contributed by atoms with Crippen LogP contribution in [0.1, 0.15) is 31.3 Å². The molecule has 1 aromatic carbocycles. The Bertz CT molecular complexity index is 546. The minimum absolute atomic E-state index is 0.362. The van der Waals surface area contributed by atoms with Gasteiger partial charge in [0.15, 0.2) is 0 Å². The number of rotatable bonds is 1. The molecule has 0 radical (unpaired) electrons. The van der Waals surface area contributed by atoms with Crippen molar-refractivity contribution >= 4 is 22.6 Å². The number of hydrogen-bond donors (Lipinski definition) is 1. The van der Waals surface area contributed by atoms with Gasteiger partial charge in [-0.3, -0.25) is 0 Å². The Morgan fingerprint density at radius 3 is 3.06 bits per heavy atom. The van der Waals surface area contributed by atoms with E-state index in [9.17, 15) is 0 Å². The fourth-order valence-electron chi connectivity index (χ4n) is 2.59. The third-order valence-electron chi connectivity index (χ3n) is 3.36. The van der Waals surface area contributed by atoms with Gasteiger partial charge >= 0.3 is 0 Å². The second kappa shape index (κ2) is 3.47. The number of halogens is 1. The Morgan fingerprint density at radius 2 is 2.31 bits per heavy atom. The topological polar surface area (TPSA) is 29.9 Å². The van der Waals surface area contributed by atoms with Crippen LogP contribution in [-0.2, 0) is 0 Å². The van der Waals surface area contributed by atoms with E-state index < -0.39 is 0 Å². The van der Waals surface area contributed by atoms with Crippen molar-refractivity contribution in [2.24, 2.45) is 0 Å². The van der Waals surface area contributed by atoms with E-state index in [-0.39, 0.29) is 0 Å². The zero-order valence-electron chi connectivity index (χ0n) is 9.37. The Labute approximate surface area is 99.4 Å². The van der Waals surface area contributed by atoms with E-state index in [1.165, 1.54) is 0 Å². The second-order valence-corrected chi connectivity index (χ2v) is 4.84. The molecule has 2 atom stereocenters. The first kappa shape index (κ1) is 10.1. The number of hydrogen-bond acceptors (Lipinski definition) is 2. The molecule has 0 spiro atoms. The smallest absolute Gasteiger partial charge is 0.127 e. The van der Waals surface area contributed by atoms with Crippen LogP contribution in [0.2, 0.25) is 5.02 Å². The summed E-state index contributed by atoms with van der Waals surface area (Å²) in [5.74, 6) is 1.13. The summed E-state index contributed by atoms with van der Waals surface area (Å²) in [5.41, 5.74) is 2.18. The molecule has 3 nitrogen and oxygen atoms in total. The van der Waals surface area contributed by atoms with Crippen LogP contribution in [0.15, 0.2) is 18.2 Å². The molecule has 0 saturated heterocycles. The highest BCUT2D eigenvalue weighted by molar-refractivity contribution is 6.31. The second-order valence-electron chi connectivity index (χ2n) is 4.40. The lowest BCUT2D eigenvalue weighted by molar-refractivity contribution is 0.520. The summed E-state index contributed by atoms with van der Waals surface area (Å²) in [7, 11) is 1.99. The van der Waals surface area contributed by atoms with Crippen molar-refractivity contribution in [1.29, 1.82) is 0 Å². The number of nitrogens with zero attached hydrogens (tertiary/aromatic N) is 2. The number of imidazole rings is 1. The molecule has 3 rings (SSSR count). The average Bonchev–Trinajstić information content (AvgIpc) is 2.77. The molecular weight excluding hydrogens is 222 g/mol. The van der Waals surface area contributed by atoms with Crippen molar-refractivity contribution in [3.8, 4) is 0 Å². The van der Waals surface area contributed by atoms with E-state index >= 15 is 0 Å². The van der Waals surface area contributed by atoms with Crippen LogP contribution < -0.4 is 5.32 Å². The molecule has 16 heavy (non-hydrogen) atoms. The van der Waals surface area contributed by atoms with Gasteiger partial charge in [0.25, 0.3) is 0 Å². The monoisotopic (exact) mass is 235 g/mol. The molecule has 0 unspecified atom stereocenters. The summed E-state index contributed by atoms with van der Waals surface area (Å²) in [4.78, 5) is 4.68. The first-order valence-electron chi connectivity index (χ1n) is 5.55. The average molecular weight is 236 g/mol. The molecule has 0 aliphatic carbocycles. The van der Waals surface area contributed by atoms with Gasteiger partial charge in [0.1, 0.15) is 5.82 Å². The summed E-state index contributed by atoms with van der Waals surface area (Å²) in [6, 6.07) is 6.73. The SMILES string of the molecule is CN[C@@H]1C[C@H](C)n2c1nc1ccc(Cl)cc12. The molecule has 1 aromatic heterocycles. The van der Waals surface area contributed by atoms with Gasteiger partial charge in [0, 0.05) is 11.1 Å². The molecule has 0 saturated carbocycles. The highest BCUT2D eigenvalue weighted by Gasteiger charge is 2.30. The zero-order valence-corrected chi connectivity index (χ0v) is 10.1. The predicted molar refractivity (Wildman–Crippen MR) is 65.9 cm³/mol. The number of nitrogens with one attached hydrogen (secondary N) is 1. The summed E-state index contributed by atoms with van der Waals surface area (Å²) < 4.78 is 2.29. The summed E-state index contributed by atoms with van der Waals surface area (Å²) in [5, 5.41) is 4.08. The lowest BCUT2D eigenvalue weighted by Crippen LogP contribution is -2.13. The maximum Gasteiger partial charge on any atom is 0.127 e. The molecule has 1 N–H and O–H groups in total. The Balaban J connectivity index is 2.29. The molecule has 2 aromatic rings. The standard InChI is InChI=1S/C12H14ClN3/c1-7-5-10(14-2)12-15-9-4-3-8(13)6-11(9)16(7)12/h3-4,6-7,10,14H,5H2,1-2H3/t7-,10+/m0/s1. The molecule has 1 aliphatic rings. The van der Waals surface area contributed by atoms with Gasteiger partial charge in [-0.2, -0.15) is 0 Å². The van der Waals surface area contributed by atoms with Gasteiger partial charge in [-0.25, -0.2) is 4.98 Å². The van der Waals surface area contributed by atoms with Crippen LogP contribution in [0.3, 0.4) is 0 Å². The van der Waals surface area contributed by atoms with E-state index in [1.807, 2.05) is 25.2 Å². The first-order valence-corrected chi connectivity index (χ1v) is 5.93. The van der Waals surface area contributed by atoms with Crippen LogP contribution in [0.25, 0.3) is 11.0 Å². The Kier molecular flexibility index (Phi) is 2.19. The molecule has 4 heteroatoms. The van der Waals surface area contributed by atoms with Gasteiger partial charge in [-0.15, -0.1) is 0 Å². The van der Waals surface area contributed by atoms with Crippen molar-refractivity contribution in [1.82, 2.24) is 14.9 Å². The van der Waals surface area contributed by atoms with Crippen molar-refractivity contribution in [3.63, 3.8) is 0 Å². The maximum absolute atomic E-state index is 6.04. The van der Waals surface area contributed by atoms with E-state index in [2.05, 4.69) is 21.8 Å². The Morgan fingerprint density at radius 1 is 1.50 bits per heavy atom. The zero-order chi connectivity index (χ0) is 11.3. The van der Waals surface area contributed by atoms with E-state index in [0.29, 0.717) is 12.1 Å². The van der Waals surface area contributed by atoms with Gasteiger partial charge < -0.3 is 9.88 Å². The lowest BCUT2D eigenvalue weighted by Gasteiger charge is -2.07. The summed E-state index contributed by atoms with van der Waals surface area (Å²) in [6.07, 6.45) is 1.10. The fourth-order valence-corrected chi connectivity index (χ4v) is 2.76. The number of benzene rings is 1. The molecule has 0 amide bonds. The van der Waals surface area contributed by atoms with Gasteiger partial charge in [0.2, 0.25) is 0 Å². The van der Waals surface area contributed by atoms with Crippen molar-refractivity contribution < 1.29 is 0 Å². The highest BCUT2D eigenvalue weighted by atomic mass is 35.5. The Hall–Kier alpha value is -1.06. The van der Waals surface area contributed by atoms with Crippen molar-refractivity contribution in [2.45, 2.75) is 25.4 Å². The normalized spacial score (nSPS) is 23.9. The number of aromatic nitrogens is 2. The maximum atomic E-state index is 6.04. The van der Waals surface area contributed by atoms with Crippen LogP contribution in [0.5, 0.6) is 0 Å². The third kappa shape index (κ3) is 1.28. The van der Waals surface area contributed by atoms with Crippen LogP contribution in [0, 0.1) is 0 Å². The fraction of sp³-hybridized carbons (Fsp3) is 0.417. The lowest BCUT2D eigenvalue weighted by atomic mass is 10.1. The van der Waals surface area contributed by atoms with Crippen LogP contribution >= 0.6 is 11.6 Å². The molecular formula is C12H14ClN3. The highest BCUT2D eigenvalue weighted by Crippen LogP contribution is 2.37. The molecule has 0 bridgehead atoms. The first-order chi connectivity index (χ1) is 7.70. The van der Waals surface area contributed by atoms with Gasteiger partial charge in [0.05, 0.1) is 17.1 Å². The van der Waals surface area contributed by atoms with Crippen molar-refractivity contribution in [2.75, 3.05) is 7.05 Å². The molecule has 1 aliphatic heterocycles. The minimum atomic E-state index is 0.362. The van der Waals surface area contributed by atoms with E-state index in [4.69, 9.17) is 11.6 Å².